The predicted octanol–water partition coefficient (Wildman–Crippen LogP) is 6.36. The largest absolute Gasteiger partial charge is 0.478 e. The summed E-state index contributed by atoms with van der Waals surface area (Å²) < 4.78 is 6.05. The Morgan fingerprint density at radius 3 is 2.29 bits per heavy atom. The molecule has 0 unspecified atom stereocenters. The molecule has 0 aliphatic rings. The molecule has 4 aromatic carbocycles. The molecule has 0 aliphatic carbocycles. The molecule has 0 atom stereocenters. The van der Waals surface area contributed by atoms with Crippen LogP contribution in [-0.4, -0.2) is 11.1 Å². The Bertz CT molecular complexity index is 1380. The third-order valence-electron chi connectivity index (χ3n) is 5.04. The second-order valence-corrected chi connectivity index (χ2v) is 6.71. The summed E-state index contributed by atoms with van der Waals surface area (Å²) >= 11 is 0. The average Bonchev–Trinajstić information content (AvgIpc) is 3.11. The fraction of sp³-hybridized carbons (Fsp3) is 0. The van der Waals surface area contributed by atoms with Gasteiger partial charge in [-0.3, -0.25) is 0 Å². The summed E-state index contributed by atoms with van der Waals surface area (Å²) in [6.45, 7) is 0. The maximum Gasteiger partial charge on any atom is 0.336 e. The van der Waals surface area contributed by atoms with E-state index in [1.165, 1.54) is 0 Å². The SMILES string of the molecule is O=C(O)/C(=C\c1cccc2c1oc1ccccc12)c1cccc2ccccc12. The number of carbonyl (C=O) groups is 1. The van der Waals surface area contributed by atoms with Gasteiger partial charge in [0.2, 0.25) is 0 Å². The highest BCUT2D eigenvalue weighted by molar-refractivity contribution is 6.25. The Labute approximate surface area is 161 Å². The van der Waals surface area contributed by atoms with Crippen molar-refractivity contribution in [2.75, 3.05) is 0 Å². The fourth-order valence-electron chi connectivity index (χ4n) is 3.75. The summed E-state index contributed by atoms with van der Waals surface area (Å²) in [6.07, 6.45) is 1.70. The van der Waals surface area contributed by atoms with Gasteiger partial charge in [-0.1, -0.05) is 78.9 Å². The monoisotopic (exact) mass is 364 g/mol. The number of para-hydroxylation sites is 2. The molecule has 1 aromatic heterocycles. The van der Waals surface area contributed by atoms with Crippen LogP contribution in [0.15, 0.2) is 89.3 Å². The first-order valence-corrected chi connectivity index (χ1v) is 9.06. The van der Waals surface area contributed by atoms with Crippen LogP contribution in [0, 0.1) is 0 Å². The minimum Gasteiger partial charge on any atom is -0.478 e. The van der Waals surface area contributed by atoms with Gasteiger partial charge < -0.3 is 9.52 Å². The van der Waals surface area contributed by atoms with Gasteiger partial charge in [-0.05, 0) is 28.5 Å². The molecule has 0 saturated heterocycles. The Morgan fingerprint density at radius 1 is 0.750 bits per heavy atom. The topological polar surface area (TPSA) is 50.4 Å². The van der Waals surface area contributed by atoms with Crippen molar-refractivity contribution in [1.82, 2.24) is 0 Å². The predicted molar refractivity (Wildman–Crippen MR) is 113 cm³/mol. The van der Waals surface area contributed by atoms with Crippen molar-refractivity contribution in [2.45, 2.75) is 0 Å². The van der Waals surface area contributed by atoms with Crippen LogP contribution in [0.3, 0.4) is 0 Å². The summed E-state index contributed by atoms with van der Waals surface area (Å²) in [7, 11) is 0. The number of carboxylic acid groups (broad SMARTS) is 1. The summed E-state index contributed by atoms with van der Waals surface area (Å²) in [4.78, 5) is 12.2. The number of fused-ring (bicyclic) bond motifs is 4. The third-order valence-corrected chi connectivity index (χ3v) is 5.04. The van der Waals surface area contributed by atoms with E-state index in [2.05, 4.69) is 0 Å². The van der Waals surface area contributed by atoms with Crippen LogP contribution >= 0.6 is 0 Å². The molecule has 0 radical (unpaired) electrons. The molecule has 0 bridgehead atoms. The third kappa shape index (κ3) is 2.57. The summed E-state index contributed by atoms with van der Waals surface area (Å²) in [5, 5.41) is 13.9. The Kier molecular flexibility index (Phi) is 3.73. The van der Waals surface area contributed by atoms with Gasteiger partial charge in [-0.2, -0.15) is 0 Å². The van der Waals surface area contributed by atoms with Gasteiger partial charge in [0.05, 0.1) is 5.57 Å². The van der Waals surface area contributed by atoms with Crippen molar-refractivity contribution < 1.29 is 14.3 Å². The van der Waals surface area contributed by atoms with E-state index in [1.807, 2.05) is 84.9 Å². The van der Waals surface area contributed by atoms with E-state index in [4.69, 9.17) is 4.42 Å². The van der Waals surface area contributed by atoms with Gasteiger partial charge in [-0.25, -0.2) is 4.79 Å². The minimum absolute atomic E-state index is 0.241. The fourth-order valence-corrected chi connectivity index (χ4v) is 3.75. The van der Waals surface area contributed by atoms with E-state index in [-0.39, 0.29) is 5.57 Å². The number of aliphatic carboxylic acids is 1. The molecule has 5 rings (SSSR count). The van der Waals surface area contributed by atoms with E-state index >= 15 is 0 Å². The maximum absolute atomic E-state index is 12.2. The Balaban J connectivity index is 1.79. The molecule has 28 heavy (non-hydrogen) atoms. The summed E-state index contributed by atoms with van der Waals surface area (Å²) in [6, 6.07) is 27.2. The van der Waals surface area contributed by atoms with Crippen LogP contribution in [0.1, 0.15) is 11.1 Å². The molecular formula is C25H16O3. The highest BCUT2D eigenvalue weighted by Crippen LogP contribution is 2.33. The normalized spacial score (nSPS) is 12.1. The second-order valence-electron chi connectivity index (χ2n) is 6.71. The standard InChI is InChI=1S/C25H16O3/c26-25(27)22(19-12-5-8-16-7-1-2-10-18(16)19)15-17-9-6-13-21-20-11-3-4-14-23(20)28-24(17)21/h1-15H,(H,26,27)/b22-15-. The van der Waals surface area contributed by atoms with Crippen LogP contribution in [-0.2, 0) is 4.79 Å². The molecular weight excluding hydrogens is 348 g/mol. The molecule has 0 fully saturated rings. The molecule has 3 heteroatoms. The van der Waals surface area contributed by atoms with Crippen LogP contribution in [0.2, 0.25) is 0 Å². The van der Waals surface area contributed by atoms with E-state index in [1.54, 1.807) is 6.08 Å². The maximum atomic E-state index is 12.2. The highest BCUT2D eigenvalue weighted by Gasteiger charge is 2.16. The van der Waals surface area contributed by atoms with E-state index in [0.717, 1.165) is 32.7 Å². The van der Waals surface area contributed by atoms with Gasteiger partial charge in [0.1, 0.15) is 11.2 Å². The quantitative estimate of drug-likeness (QED) is 0.299. The Morgan fingerprint density at radius 2 is 1.43 bits per heavy atom. The Hall–Kier alpha value is -3.85. The van der Waals surface area contributed by atoms with Gasteiger partial charge in [-0.15, -0.1) is 0 Å². The molecule has 0 aliphatic heterocycles. The molecule has 134 valence electrons. The number of carboxylic acids is 1. The number of rotatable bonds is 3. The van der Waals surface area contributed by atoms with Gasteiger partial charge >= 0.3 is 5.97 Å². The van der Waals surface area contributed by atoms with Crippen molar-refractivity contribution in [1.29, 1.82) is 0 Å². The van der Waals surface area contributed by atoms with E-state index < -0.39 is 5.97 Å². The van der Waals surface area contributed by atoms with E-state index in [0.29, 0.717) is 11.1 Å². The highest BCUT2D eigenvalue weighted by atomic mass is 16.4. The van der Waals surface area contributed by atoms with Crippen molar-refractivity contribution >= 4 is 50.3 Å². The average molecular weight is 364 g/mol. The number of furan rings is 1. The number of hydrogen-bond acceptors (Lipinski definition) is 2. The molecule has 1 N–H and O–H groups in total. The second kappa shape index (κ2) is 6.39. The van der Waals surface area contributed by atoms with E-state index in [9.17, 15) is 9.90 Å². The molecule has 0 spiro atoms. The molecule has 0 saturated carbocycles. The first-order valence-electron chi connectivity index (χ1n) is 9.06. The minimum atomic E-state index is -0.968. The van der Waals surface area contributed by atoms with Crippen molar-refractivity contribution in [3.63, 3.8) is 0 Å². The lowest BCUT2D eigenvalue weighted by Gasteiger charge is -2.08. The molecule has 0 amide bonds. The number of hydrogen-bond donors (Lipinski definition) is 1. The van der Waals surface area contributed by atoms with Crippen LogP contribution in [0.25, 0.3) is 44.4 Å². The van der Waals surface area contributed by atoms with Crippen LogP contribution < -0.4 is 0 Å². The van der Waals surface area contributed by atoms with Gasteiger partial charge in [0.15, 0.2) is 0 Å². The van der Waals surface area contributed by atoms with Crippen molar-refractivity contribution in [3.05, 3.63) is 96.1 Å². The molecule has 5 aromatic rings. The van der Waals surface area contributed by atoms with Crippen LogP contribution in [0.4, 0.5) is 0 Å². The van der Waals surface area contributed by atoms with Gasteiger partial charge in [0.25, 0.3) is 0 Å². The molecule has 1 heterocycles. The smallest absolute Gasteiger partial charge is 0.336 e. The zero-order valence-electron chi connectivity index (χ0n) is 14.9. The lowest BCUT2D eigenvalue weighted by Crippen LogP contribution is -2.00. The number of benzene rings is 4. The van der Waals surface area contributed by atoms with Crippen molar-refractivity contribution in [2.24, 2.45) is 0 Å². The molecule has 3 nitrogen and oxygen atoms in total. The summed E-state index contributed by atoms with van der Waals surface area (Å²) in [5.41, 5.74) is 3.17. The van der Waals surface area contributed by atoms with Gasteiger partial charge in [0, 0.05) is 16.3 Å². The lowest BCUT2D eigenvalue weighted by atomic mass is 9.96. The van der Waals surface area contributed by atoms with Crippen molar-refractivity contribution in [3.8, 4) is 0 Å². The lowest BCUT2D eigenvalue weighted by molar-refractivity contribution is -0.130. The first kappa shape index (κ1) is 16.3. The zero-order chi connectivity index (χ0) is 19.1. The first-order chi connectivity index (χ1) is 13.7. The summed E-state index contributed by atoms with van der Waals surface area (Å²) in [5.74, 6) is -0.968. The zero-order valence-corrected chi connectivity index (χ0v) is 14.9. The van der Waals surface area contributed by atoms with Crippen LogP contribution in [0.5, 0.6) is 0 Å².